The largest absolute Gasteiger partial charge is 0.508 e. The summed E-state index contributed by atoms with van der Waals surface area (Å²) in [6.07, 6.45) is 1.33. The van der Waals surface area contributed by atoms with E-state index in [9.17, 15) is 20.0 Å². The van der Waals surface area contributed by atoms with Gasteiger partial charge in [0.25, 0.3) is 11.6 Å². The molecule has 0 radical (unpaired) electrons. The number of phenolic OH excluding ortho intramolecular Hbond substituents is 1. The molecule has 0 spiro atoms. The fourth-order valence-corrected chi connectivity index (χ4v) is 2.19. The van der Waals surface area contributed by atoms with Crippen LogP contribution < -0.4 is 5.43 Å². The minimum atomic E-state index is -0.473. The highest BCUT2D eigenvalue weighted by Gasteiger charge is 2.08. The van der Waals surface area contributed by atoms with Crippen LogP contribution in [-0.4, -0.2) is 22.2 Å². The lowest BCUT2D eigenvalue weighted by Gasteiger charge is -1.99. The maximum Gasteiger partial charge on any atom is 0.271 e. The number of phenols is 1. The Kier molecular flexibility index (Phi) is 4.75. The molecule has 0 atom stereocenters. The van der Waals surface area contributed by atoms with Crippen LogP contribution in [0.5, 0.6) is 5.75 Å². The summed E-state index contributed by atoms with van der Waals surface area (Å²) in [4.78, 5) is 22.1. The minimum Gasteiger partial charge on any atom is -0.508 e. The maximum atomic E-state index is 11.9. The summed E-state index contributed by atoms with van der Waals surface area (Å²) in [6.45, 7) is 0. The van der Waals surface area contributed by atoms with Crippen molar-refractivity contribution in [3.05, 3.63) is 82.1 Å². The van der Waals surface area contributed by atoms with Crippen LogP contribution in [0.2, 0.25) is 0 Å². The lowest BCUT2D eigenvalue weighted by Crippen LogP contribution is -2.17. The zero-order valence-electron chi connectivity index (χ0n) is 13.3. The van der Waals surface area contributed by atoms with E-state index in [4.69, 9.17) is 4.42 Å². The molecule has 2 aromatic carbocycles. The van der Waals surface area contributed by atoms with Gasteiger partial charge in [-0.1, -0.05) is 6.07 Å². The van der Waals surface area contributed by atoms with Gasteiger partial charge in [0.1, 0.15) is 17.3 Å². The number of hydrazone groups is 1. The van der Waals surface area contributed by atoms with E-state index in [1.54, 1.807) is 36.4 Å². The predicted molar refractivity (Wildman–Crippen MR) is 94.0 cm³/mol. The Morgan fingerprint density at radius 1 is 1.15 bits per heavy atom. The van der Waals surface area contributed by atoms with E-state index in [2.05, 4.69) is 10.5 Å². The van der Waals surface area contributed by atoms with Crippen LogP contribution in [0, 0.1) is 10.1 Å². The summed E-state index contributed by atoms with van der Waals surface area (Å²) < 4.78 is 5.57. The van der Waals surface area contributed by atoms with Crippen molar-refractivity contribution in [1.29, 1.82) is 0 Å². The number of non-ortho nitro benzene ring substituents is 1. The topological polar surface area (TPSA) is 118 Å². The number of aromatic hydroxyl groups is 1. The van der Waals surface area contributed by atoms with Crippen LogP contribution in [0.4, 0.5) is 5.69 Å². The number of nitrogens with one attached hydrogen (secondary N) is 1. The van der Waals surface area contributed by atoms with Gasteiger partial charge in [-0.25, -0.2) is 5.43 Å². The van der Waals surface area contributed by atoms with Gasteiger partial charge in [-0.15, -0.1) is 0 Å². The molecule has 26 heavy (non-hydrogen) atoms. The van der Waals surface area contributed by atoms with E-state index in [0.717, 1.165) is 0 Å². The standard InChI is InChI=1S/C18H13N3O5/c22-15-3-1-2-13(10-15)18(23)20-19-11-16-8-9-17(26-16)12-4-6-14(7-5-12)21(24)25/h1-11,22H,(H,20,23)/b19-11+. The lowest BCUT2D eigenvalue weighted by molar-refractivity contribution is -0.384. The number of hydrogen-bond donors (Lipinski definition) is 2. The first-order chi connectivity index (χ1) is 12.5. The first-order valence-corrected chi connectivity index (χ1v) is 7.50. The van der Waals surface area contributed by atoms with Crippen molar-refractivity contribution in [2.45, 2.75) is 0 Å². The van der Waals surface area contributed by atoms with Gasteiger partial charge in [-0.3, -0.25) is 14.9 Å². The number of nitro benzene ring substituents is 1. The maximum absolute atomic E-state index is 11.9. The Labute approximate surface area is 147 Å². The van der Waals surface area contributed by atoms with Crippen LogP contribution in [-0.2, 0) is 0 Å². The molecule has 130 valence electrons. The average Bonchev–Trinajstić information content (AvgIpc) is 3.10. The second kappa shape index (κ2) is 7.31. The lowest BCUT2D eigenvalue weighted by atomic mass is 10.1. The van der Waals surface area contributed by atoms with E-state index in [0.29, 0.717) is 17.1 Å². The summed E-state index contributed by atoms with van der Waals surface area (Å²) in [7, 11) is 0. The number of nitrogens with zero attached hydrogens (tertiary/aromatic N) is 2. The van der Waals surface area contributed by atoms with Crippen molar-refractivity contribution < 1.29 is 19.2 Å². The summed E-state index contributed by atoms with van der Waals surface area (Å²) >= 11 is 0. The second-order valence-corrected chi connectivity index (χ2v) is 5.26. The number of nitro groups is 1. The van der Waals surface area contributed by atoms with Crippen LogP contribution in [0.3, 0.4) is 0 Å². The number of amides is 1. The highest BCUT2D eigenvalue weighted by Crippen LogP contribution is 2.24. The average molecular weight is 351 g/mol. The smallest absolute Gasteiger partial charge is 0.271 e. The van der Waals surface area contributed by atoms with Crippen molar-refractivity contribution in [2.24, 2.45) is 5.10 Å². The highest BCUT2D eigenvalue weighted by atomic mass is 16.6. The van der Waals surface area contributed by atoms with Crippen molar-refractivity contribution in [2.75, 3.05) is 0 Å². The predicted octanol–water partition coefficient (Wildman–Crippen LogP) is 3.32. The van der Waals surface area contributed by atoms with Crippen molar-refractivity contribution in [3.63, 3.8) is 0 Å². The first-order valence-electron chi connectivity index (χ1n) is 7.50. The quantitative estimate of drug-likeness (QED) is 0.415. The molecule has 3 rings (SSSR count). The molecule has 0 bridgehead atoms. The fourth-order valence-electron chi connectivity index (χ4n) is 2.19. The molecule has 2 N–H and O–H groups in total. The van der Waals surface area contributed by atoms with Gasteiger partial charge < -0.3 is 9.52 Å². The molecule has 8 heteroatoms. The van der Waals surface area contributed by atoms with E-state index in [-0.39, 0.29) is 17.0 Å². The van der Waals surface area contributed by atoms with Crippen molar-refractivity contribution in [1.82, 2.24) is 5.43 Å². The van der Waals surface area contributed by atoms with E-state index >= 15 is 0 Å². The Morgan fingerprint density at radius 3 is 2.62 bits per heavy atom. The second-order valence-electron chi connectivity index (χ2n) is 5.26. The number of benzene rings is 2. The zero-order chi connectivity index (χ0) is 18.5. The van der Waals surface area contributed by atoms with Gasteiger partial charge in [-0.05, 0) is 42.5 Å². The summed E-state index contributed by atoms with van der Waals surface area (Å²) in [5.41, 5.74) is 3.28. The Bertz CT molecular complexity index is 977. The molecule has 0 saturated heterocycles. The third kappa shape index (κ3) is 3.93. The molecule has 1 amide bonds. The zero-order valence-corrected chi connectivity index (χ0v) is 13.3. The molecule has 0 saturated carbocycles. The highest BCUT2D eigenvalue weighted by molar-refractivity contribution is 5.95. The first kappa shape index (κ1) is 16.9. The van der Waals surface area contributed by atoms with Gasteiger partial charge in [0, 0.05) is 23.3 Å². The number of hydrogen-bond acceptors (Lipinski definition) is 6. The third-order valence-corrected chi connectivity index (χ3v) is 3.46. The normalized spacial score (nSPS) is 10.8. The van der Waals surface area contributed by atoms with Crippen LogP contribution in [0.15, 0.2) is 70.2 Å². The molecule has 1 aromatic heterocycles. The Morgan fingerprint density at radius 2 is 1.92 bits per heavy atom. The molecular weight excluding hydrogens is 338 g/mol. The van der Waals surface area contributed by atoms with Crippen LogP contribution in [0.25, 0.3) is 11.3 Å². The summed E-state index contributed by atoms with van der Waals surface area (Å²) in [5.74, 6) is 0.426. The van der Waals surface area contributed by atoms with Crippen LogP contribution in [0.1, 0.15) is 16.1 Å². The van der Waals surface area contributed by atoms with Crippen molar-refractivity contribution >= 4 is 17.8 Å². The molecule has 8 nitrogen and oxygen atoms in total. The molecule has 3 aromatic rings. The molecular formula is C18H13N3O5. The Balaban J connectivity index is 1.65. The third-order valence-electron chi connectivity index (χ3n) is 3.46. The molecule has 0 unspecified atom stereocenters. The van der Waals surface area contributed by atoms with Gasteiger partial charge in [0.05, 0.1) is 11.1 Å². The number of carbonyl (C=O) groups excluding carboxylic acids is 1. The van der Waals surface area contributed by atoms with E-state index < -0.39 is 10.8 Å². The fraction of sp³-hybridized carbons (Fsp3) is 0. The van der Waals surface area contributed by atoms with Crippen LogP contribution >= 0.6 is 0 Å². The molecule has 0 aliphatic carbocycles. The number of furan rings is 1. The number of rotatable bonds is 5. The SMILES string of the molecule is O=C(N/N=C/c1ccc(-c2ccc([N+](=O)[O-])cc2)o1)c1cccc(O)c1. The Hall–Kier alpha value is -3.94. The minimum absolute atomic E-state index is 0.00301. The summed E-state index contributed by atoms with van der Waals surface area (Å²) in [5, 5.41) is 23.8. The summed E-state index contributed by atoms with van der Waals surface area (Å²) in [6, 6.07) is 15.2. The van der Waals surface area contributed by atoms with Gasteiger partial charge in [0.2, 0.25) is 0 Å². The van der Waals surface area contributed by atoms with E-state index in [1.807, 2.05) is 0 Å². The molecule has 1 heterocycles. The van der Waals surface area contributed by atoms with E-state index in [1.165, 1.54) is 30.5 Å². The molecule has 0 aliphatic heterocycles. The van der Waals surface area contributed by atoms with Crippen molar-refractivity contribution in [3.8, 4) is 17.1 Å². The van der Waals surface area contributed by atoms with Gasteiger partial charge in [0.15, 0.2) is 0 Å². The number of carbonyl (C=O) groups is 1. The monoisotopic (exact) mass is 351 g/mol. The molecule has 0 aliphatic rings. The van der Waals surface area contributed by atoms with Gasteiger partial charge >= 0.3 is 0 Å². The van der Waals surface area contributed by atoms with Gasteiger partial charge in [-0.2, -0.15) is 5.10 Å². The molecule has 0 fully saturated rings.